The average Bonchev–Trinajstić information content (AvgIpc) is 2.09. The van der Waals surface area contributed by atoms with Crippen molar-refractivity contribution in [1.29, 1.82) is 0 Å². The van der Waals surface area contributed by atoms with E-state index in [1.165, 1.54) is 0 Å². The van der Waals surface area contributed by atoms with Crippen LogP contribution in [-0.4, -0.2) is 0 Å². The third-order valence-electron chi connectivity index (χ3n) is 1.21. The topological polar surface area (TPSA) is 34.1 Å². The summed E-state index contributed by atoms with van der Waals surface area (Å²) < 4.78 is 20.6. The molecule has 0 aromatic heterocycles. The Balaban J connectivity index is 0.000000561. The summed E-state index contributed by atoms with van der Waals surface area (Å²) in [6.07, 6.45) is 0. The third-order valence-corrected chi connectivity index (χ3v) is 1.87. The van der Waals surface area contributed by atoms with E-state index in [2.05, 4.69) is 9.69 Å². The average molecular weight is 292 g/mol. The Morgan fingerprint density at radius 2 is 1.58 bits per heavy atom. The molecule has 12 heavy (non-hydrogen) atoms. The van der Waals surface area contributed by atoms with Crippen molar-refractivity contribution >= 4 is 20.4 Å². The number of benzene rings is 1. The Bertz CT molecular complexity index is 287. The zero-order valence-electron chi connectivity index (χ0n) is 6.27. The van der Waals surface area contributed by atoms with Crippen molar-refractivity contribution in [1.82, 2.24) is 0 Å². The molecule has 5 heteroatoms. The van der Waals surface area contributed by atoms with Gasteiger partial charge in [0.05, 0.1) is 0 Å². The molecule has 0 bridgehead atoms. The van der Waals surface area contributed by atoms with Crippen LogP contribution in [0.1, 0.15) is 5.56 Å². The van der Waals surface area contributed by atoms with Gasteiger partial charge in [-0.05, 0) is 17.6 Å². The molecule has 0 N–H and O–H groups in total. The first-order valence-corrected chi connectivity index (χ1v) is 6.31. The van der Waals surface area contributed by atoms with Gasteiger partial charge in [0.15, 0.2) is 0 Å². The second-order valence-corrected chi connectivity index (χ2v) is 2.99. The SMILES string of the molecule is Cc1ccc([S-](=O)=O)cc1.[Cl][Ru+]. The van der Waals surface area contributed by atoms with E-state index in [1.807, 2.05) is 24.2 Å². The first-order valence-electron chi connectivity index (χ1n) is 2.99. The van der Waals surface area contributed by atoms with Crippen LogP contribution in [0.2, 0.25) is 0 Å². The van der Waals surface area contributed by atoms with Crippen LogP contribution in [0.25, 0.3) is 0 Å². The molecular weight excluding hydrogens is 285 g/mol. The number of hydrogen-bond acceptors (Lipinski definition) is 3. The van der Waals surface area contributed by atoms with Crippen LogP contribution in [0.5, 0.6) is 0 Å². The molecule has 0 fully saturated rings. The van der Waals surface area contributed by atoms with E-state index in [-0.39, 0.29) is 0 Å². The Kier molecular flexibility index (Phi) is 6.63. The fourth-order valence-corrected chi connectivity index (χ4v) is 1.01. The van der Waals surface area contributed by atoms with Gasteiger partial charge in [0.1, 0.15) is 0 Å². The van der Waals surface area contributed by atoms with Gasteiger partial charge in [-0.2, -0.15) is 0 Å². The van der Waals surface area contributed by atoms with Gasteiger partial charge in [-0.3, -0.25) is 0 Å². The Hall–Kier alpha value is 0.0834. The molecule has 68 valence electrons. The zero-order chi connectivity index (χ0) is 9.56. The summed E-state index contributed by atoms with van der Waals surface area (Å²) in [5, 5.41) is 0. The van der Waals surface area contributed by atoms with E-state index < -0.39 is 10.7 Å². The fraction of sp³-hybridized carbons (Fsp3) is 0.143. The number of hydrogen-bond donors (Lipinski definition) is 0. The van der Waals surface area contributed by atoms with Crippen LogP contribution in [0.4, 0.5) is 0 Å². The molecule has 1 rings (SSSR count). The van der Waals surface area contributed by atoms with Gasteiger partial charge in [-0.1, -0.05) is 34.7 Å². The van der Waals surface area contributed by atoms with Crippen LogP contribution in [0.15, 0.2) is 29.2 Å². The summed E-state index contributed by atoms with van der Waals surface area (Å²) in [4.78, 5) is 0.339. The van der Waals surface area contributed by atoms with Crippen LogP contribution < -0.4 is 0 Å². The first kappa shape index (κ1) is 12.1. The minimum absolute atomic E-state index is 0.339. The zero-order valence-corrected chi connectivity index (χ0v) is 9.58. The Morgan fingerprint density at radius 1 is 1.17 bits per heavy atom. The van der Waals surface area contributed by atoms with Crippen molar-refractivity contribution in [3.05, 3.63) is 29.8 Å². The summed E-state index contributed by atoms with van der Waals surface area (Å²) in [5.74, 6) is 0. The van der Waals surface area contributed by atoms with Crippen molar-refractivity contribution in [2.24, 2.45) is 0 Å². The van der Waals surface area contributed by atoms with Crippen LogP contribution in [0.3, 0.4) is 0 Å². The molecule has 2 nitrogen and oxygen atoms in total. The van der Waals surface area contributed by atoms with E-state index in [1.54, 1.807) is 24.3 Å². The monoisotopic (exact) mass is 292 g/mol. The number of rotatable bonds is 1. The number of halogens is 1. The minimum atomic E-state index is -2.09. The maximum absolute atomic E-state index is 10.3. The predicted octanol–water partition coefficient (Wildman–Crippen LogP) is 2.35. The van der Waals surface area contributed by atoms with E-state index in [0.29, 0.717) is 4.90 Å². The summed E-state index contributed by atoms with van der Waals surface area (Å²) in [6, 6.07) is 6.70. The van der Waals surface area contributed by atoms with E-state index in [9.17, 15) is 8.42 Å². The molecule has 0 aliphatic rings. The van der Waals surface area contributed by atoms with E-state index in [0.717, 1.165) is 5.56 Å². The summed E-state index contributed by atoms with van der Waals surface area (Å²) >= 11 is 1.82. The molecular formula is C7H7ClO2RuS. The second-order valence-electron chi connectivity index (χ2n) is 2.05. The first-order chi connectivity index (χ1) is 5.70. The van der Waals surface area contributed by atoms with Gasteiger partial charge >= 0.3 is 27.0 Å². The maximum atomic E-state index is 10.3. The molecule has 0 atom stereocenters. The molecule has 0 unspecified atom stereocenters. The fourth-order valence-electron chi connectivity index (χ4n) is 0.649. The molecule has 0 heterocycles. The summed E-state index contributed by atoms with van der Waals surface area (Å²) in [5.41, 5.74) is 1.06. The van der Waals surface area contributed by atoms with Crippen molar-refractivity contribution in [2.75, 3.05) is 0 Å². The summed E-state index contributed by atoms with van der Waals surface area (Å²) in [7, 11) is 2.48. The normalized spacial score (nSPS) is 9.00. The molecule has 0 spiro atoms. The van der Waals surface area contributed by atoms with Crippen molar-refractivity contribution < 1.29 is 25.7 Å². The van der Waals surface area contributed by atoms with Gasteiger partial charge < -0.3 is 8.42 Å². The molecule has 0 amide bonds. The number of aryl methyl sites for hydroxylation is 1. The van der Waals surface area contributed by atoms with Crippen molar-refractivity contribution in [2.45, 2.75) is 11.8 Å². The molecule has 0 aliphatic carbocycles. The second kappa shape index (κ2) is 6.58. The van der Waals surface area contributed by atoms with Crippen molar-refractivity contribution in [3.8, 4) is 0 Å². The molecule has 0 saturated heterocycles. The molecule has 0 saturated carbocycles. The third kappa shape index (κ3) is 4.19. The predicted molar refractivity (Wildman–Crippen MR) is 44.0 cm³/mol. The Labute approximate surface area is 87.6 Å². The van der Waals surface area contributed by atoms with Crippen LogP contribution in [-0.2, 0) is 36.4 Å². The molecule has 0 radical (unpaired) electrons. The van der Waals surface area contributed by atoms with Crippen LogP contribution >= 0.6 is 9.69 Å². The quantitative estimate of drug-likeness (QED) is 0.588. The summed E-state index contributed by atoms with van der Waals surface area (Å²) in [6.45, 7) is 1.91. The van der Waals surface area contributed by atoms with Gasteiger partial charge in [0.25, 0.3) is 0 Å². The standard InChI is InChI=1S/C7H7O2S.ClH.Ru/c1-6-2-4-7(5-3-6)10(8)9;;/h2-5H,1H3;1H;/q-1;;+2/p-1. The van der Waals surface area contributed by atoms with Gasteiger partial charge in [0, 0.05) is 0 Å². The van der Waals surface area contributed by atoms with Gasteiger partial charge in [-0.15, -0.1) is 0 Å². The van der Waals surface area contributed by atoms with Gasteiger partial charge in [-0.25, -0.2) is 0 Å². The molecule has 1 aromatic carbocycles. The molecule has 0 aliphatic heterocycles. The Morgan fingerprint density at radius 3 is 1.92 bits per heavy atom. The van der Waals surface area contributed by atoms with E-state index >= 15 is 0 Å². The van der Waals surface area contributed by atoms with Crippen LogP contribution in [0, 0.1) is 6.92 Å². The van der Waals surface area contributed by atoms with E-state index in [4.69, 9.17) is 0 Å². The van der Waals surface area contributed by atoms with Gasteiger partial charge in [0.2, 0.25) is 0 Å². The van der Waals surface area contributed by atoms with Crippen molar-refractivity contribution in [3.63, 3.8) is 0 Å². The molecule has 1 aromatic rings.